The number of carboxylic acids is 1. The zero-order chi connectivity index (χ0) is 13.3. The van der Waals surface area contributed by atoms with E-state index in [0.29, 0.717) is 0 Å². The molecule has 1 aromatic heterocycles. The molecule has 5 nitrogen and oxygen atoms in total. The van der Waals surface area contributed by atoms with Crippen LogP contribution in [0.1, 0.15) is 51.6 Å². The zero-order valence-electron chi connectivity index (χ0n) is 11.3. The molecule has 1 heterocycles. The molecule has 0 saturated heterocycles. The fourth-order valence-electron chi connectivity index (χ4n) is 2.99. The van der Waals surface area contributed by atoms with E-state index in [2.05, 4.69) is 24.2 Å². The Kier molecular flexibility index (Phi) is 3.41. The molecule has 1 aliphatic carbocycles. The molecule has 0 spiro atoms. The first-order chi connectivity index (χ1) is 8.44. The van der Waals surface area contributed by atoms with Gasteiger partial charge in [-0.3, -0.25) is 4.79 Å². The lowest BCUT2D eigenvalue weighted by atomic mass is 9.66. The Morgan fingerprint density at radius 1 is 1.61 bits per heavy atom. The molecule has 0 aromatic carbocycles. The summed E-state index contributed by atoms with van der Waals surface area (Å²) in [5, 5.41) is 17.3. The predicted octanol–water partition coefficient (Wildman–Crippen LogP) is 2.29. The van der Waals surface area contributed by atoms with Crippen molar-refractivity contribution in [2.75, 3.05) is 0 Å². The van der Waals surface area contributed by atoms with Crippen LogP contribution < -0.4 is 0 Å². The molecule has 0 aliphatic heterocycles. The van der Waals surface area contributed by atoms with Gasteiger partial charge >= 0.3 is 5.97 Å². The fraction of sp³-hybridized carbons (Fsp3) is 0.769. The van der Waals surface area contributed by atoms with Gasteiger partial charge in [0.05, 0.1) is 17.8 Å². The van der Waals surface area contributed by atoms with E-state index in [1.807, 2.05) is 11.6 Å². The molecular weight excluding hydrogens is 230 g/mol. The standard InChI is InChI=1S/C13H21N3O2/c1-4-16-11(8-14-15-16)10-7-13(2,3)6-5-9(10)12(17)18/h8-10H,4-7H2,1-3H3,(H,17,18). The summed E-state index contributed by atoms with van der Waals surface area (Å²) in [6, 6.07) is 0. The van der Waals surface area contributed by atoms with Gasteiger partial charge in [-0.2, -0.15) is 0 Å². The summed E-state index contributed by atoms with van der Waals surface area (Å²) in [6.45, 7) is 7.15. The van der Waals surface area contributed by atoms with Crippen LogP contribution >= 0.6 is 0 Å². The van der Waals surface area contributed by atoms with Crippen LogP contribution in [0.25, 0.3) is 0 Å². The van der Waals surface area contributed by atoms with Crippen molar-refractivity contribution in [1.29, 1.82) is 0 Å². The van der Waals surface area contributed by atoms with E-state index in [1.54, 1.807) is 6.20 Å². The van der Waals surface area contributed by atoms with Crippen molar-refractivity contribution in [1.82, 2.24) is 15.0 Å². The number of aromatic nitrogens is 3. The number of hydrogen-bond donors (Lipinski definition) is 1. The Bertz CT molecular complexity index is 439. The third-order valence-electron chi connectivity index (χ3n) is 4.03. The normalized spacial score (nSPS) is 27.1. The van der Waals surface area contributed by atoms with Crippen LogP contribution in [0.5, 0.6) is 0 Å². The number of carbonyl (C=O) groups is 1. The van der Waals surface area contributed by atoms with E-state index in [1.165, 1.54) is 0 Å². The van der Waals surface area contributed by atoms with Crippen LogP contribution in [-0.2, 0) is 11.3 Å². The van der Waals surface area contributed by atoms with E-state index < -0.39 is 5.97 Å². The quantitative estimate of drug-likeness (QED) is 0.895. The van der Waals surface area contributed by atoms with Crippen LogP contribution in [0.15, 0.2) is 6.20 Å². The second-order valence-corrected chi connectivity index (χ2v) is 5.93. The Balaban J connectivity index is 2.33. The van der Waals surface area contributed by atoms with Crippen molar-refractivity contribution in [3.05, 3.63) is 11.9 Å². The van der Waals surface area contributed by atoms with Crippen LogP contribution in [0.4, 0.5) is 0 Å². The topological polar surface area (TPSA) is 68.0 Å². The van der Waals surface area contributed by atoms with Gasteiger partial charge in [-0.25, -0.2) is 4.68 Å². The zero-order valence-corrected chi connectivity index (χ0v) is 11.3. The lowest BCUT2D eigenvalue weighted by Gasteiger charge is -2.38. The summed E-state index contributed by atoms with van der Waals surface area (Å²) in [5.41, 5.74) is 1.16. The van der Waals surface area contributed by atoms with Gasteiger partial charge in [-0.1, -0.05) is 19.1 Å². The molecule has 2 atom stereocenters. The molecule has 1 saturated carbocycles. The van der Waals surface area contributed by atoms with E-state index in [-0.39, 0.29) is 17.3 Å². The smallest absolute Gasteiger partial charge is 0.307 e. The molecular formula is C13H21N3O2. The highest BCUT2D eigenvalue weighted by atomic mass is 16.4. The Labute approximate surface area is 107 Å². The average Bonchev–Trinajstić information content (AvgIpc) is 2.75. The maximum atomic E-state index is 11.4. The van der Waals surface area contributed by atoms with E-state index in [4.69, 9.17) is 0 Å². The Morgan fingerprint density at radius 3 is 2.94 bits per heavy atom. The minimum absolute atomic E-state index is 0.0289. The van der Waals surface area contributed by atoms with Gasteiger partial charge in [-0.15, -0.1) is 5.10 Å². The number of rotatable bonds is 3. The second-order valence-electron chi connectivity index (χ2n) is 5.93. The van der Waals surface area contributed by atoms with Crippen molar-refractivity contribution >= 4 is 5.97 Å². The number of aryl methyl sites for hydroxylation is 1. The van der Waals surface area contributed by atoms with Crippen LogP contribution in [0.3, 0.4) is 0 Å². The summed E-state index contributed by atoms with van der Waals surface area (Å²) >= 11 is 0. The molecule has 1 N–H and O–H groups in total. The highest BCUT2D eigenvalue weighted by Crippen LogP contribution is 2.46. The van der Waals surface area contributed by atoms with Crippen molar-refractivity contribution in [2.24, 2.45) is 11.3 Å². The number of carboxylic acid groups (broad SMARTS) is 1. The van der Waals surface area contributed by atoms with Crippen molar-refractivity contribution in [3.8, 4) is 0 Å². The van der Waals surface area contributed by atoms with Crippen LogP contribution in [-0.4, -0.2) is 26.1 Å². The molecule has 0 amide bonds. The van der Waals surface area contributed by atoms with Gasteiger partial charge < -0.3 is 5.11 Å². The lowest BCUT2D eigenvalue weighted by Crippen LogP contribution is -2.34. The van der Waals surface area contributed by atoms with E-state index in [0.717, 1.165) is 31.5 Å². The number of aliphatic carboxylic acids is 1. The maximum absolute atomic E-state index is 11.4. The Morgan fingerprint density at radius 2 is 2.33 bits per heavy atom. The molecule has 2 rings (SSSR count). The SMILES string of the molecule is CCn1nncc1C1CC(C)(C)CCC1C(=O)O. The third kappa shape index (κ3) is 2.40. The minimum atomic E-state index is -0.695. The highest BCUT2D eigenvalue weighted by Gasteiger charge is 2.40. The highest BCUT2D eigenvalue weighted by molar-refractivity contribution is 5.71. The molecule has 18 heavy (non-hydrogen) atoms. The van der Waals surface area contributed by atoms with E-state index in [9.17, 15) is 9.90 Å². The number of hydrogen-bond acceptors (Lipinski definition) is 3. The van der Waals surface area contributed by atoms with Crippen molar-refractivity contribution in [2.45, 2.75) is 52.5 Å². The first-order valence-electron chi connectivity index (χ1n) is 6.56. The fourth-order valence-corrected chi connectivity index (χ4v) is 2.99. The van der Waals surface area contributed by atoms with Crippen molar-refractivity contribution < 1.29 is 9.90 Å². The number of nitrogens with zero attached hydrogens (tertiary/aromatic N) is 3. The third-order valence-corrected chi connectivity index (χ3v) is 4.03. The Hall–Kier alpha value is -1.39. The summed E-state index contributed by atoms with van der Waals surface area (Å²) in [5.74, 6) is -0.970. The molecule has 1 fully saturated rings. The molecule has 0 bridgehead atoms. The molecule has 1 aromatic rings. The van der Waals surface area contributed by atoms with Crippen LogP contribution in [0.2, 0.25) is 0 Å². The first kappa shape index (κ1) is 13.1. The van der Waals surface area contributed by atoms with Gasteiger partial charge in [0, 0.05) is 12.5 Å². The monoisotopic (exact) mass is 251 g/mol. The predicted molar refractivity (Wildman–Crippen MR) is 67.2 cm³/mol. The average molecular weight is 251 g/mol. The summed E-state index contributed by atoms with van der Waals surface area (Å²) in [7, 11) is 0. The lowest BCUT2D eigenvalue weighted by molar-refractivity contribution is -0.144. The summed E-state index contributed by atoms with van der Waals surface area (Å²) in [6.07, 6.45) is 4.32. The van der Waals surface area contributed by atoms with Crippen LogP contribution in [0, 0.1) is 11.3 Å². The van der Waals surface area contributed by atoms with Gasteiger partial charge in [0.15, 0.2) is 0 Å². The largest absolute Gasteiger partial charge is 0.481 e. The molecule has 0 radical (unpaired) electrons. The molecule has 1 aliphatic rings. The summed E-state index contributed by atoms with van der Waals surface area (Å²) in [4.78, 5) is 11.4. The van der Waals surface area contributed by atoms with Gasteiger partial charge in [-0.05, 0) is 31.6 Å². The van der Waals surface area contributed by atoms with Gasteiger partial charge in [0.25, 0.3) is 0 Å². The van der Waals surface area contributed by atoms with Crippen molar-refractivity contribution in [3.63, 3.8) is 0 Å². The minimum Gasteiger partial charge on any atom is -0.481 e. The molecule has 5 heteroatoms. The maximum Gasteiger partial charge on any atom is 0.307 e. The summed E-state index contributed by atoms with van der Waals surface area (Å²) < 4.78 is 1.82. The van der Waals surface area contributed by atoms with Gasteiger partial charge in [0.1, 0.15) is 0 Å². The molecule has 100 valence electrons. The molecule has 2 unspecified atom stereocenters. The van der Waals surface area contributed by atoms with E-state index >= 15 is 0 Å². The second kappa shape index (κ2) is 4.71. The first-order valence-corrected chi connectivity index (χ1v) is 6.56. The van der Waals surface area contributed by atoms with Gasteiger partial charge in [0.2, 0.25) is 0 Å².